The van der Waals surface area contributed by atoms with Gasteiger partial charge in [-0.25, -0.2) is 0 Å². The van der Waals surface area contributed by atoms with Crippen molar-refractivity contribution in [1.82, 2.24) is 0 Å². The van der Waals surface area contributed by atoms with E-state index in [4.69, 9.17) is 27.9 Å². The number of carbonyl (C=O) groups is 1. The molecule has 16 heavy (non-hydrogen) atoms. The summed E-state index contributed by atoms with van der Waals surface area (Å²) in [5, 5.41) is -0.0287. The maximum Gasteiger partial charge on any atom is 0.324 e. The van der Waals surface area contributed by atoms with Crippen LogP contribution in [-0.4, -0.2) is 18.0 Å². The van der Waals surface area contributed by atoms with E-state index in [0.717, 1.165) is 10.0 Å². The zero-order chi connectivity index (χ0) is 12.1. The summed E-state index contributed by atoms with van der Waals surface area (Å²) in [6.45, 7) is 2.09. The number of halogens is 3. The molecule has 0 amide bonds. The molecule has 0 radical (unpaired) electrons. The molecule has 0 aliphatic heterocycles. The lowest BCUT2D eigenvalue weighted by atomic mass is 10.1. The minimum atomic E-state index is -0.659. The molecule has 0 bridgehead atoms. The van der Waals surface area contributed by atoms with E-state index in [1.54, 1.807) is 13.0 Å². The van der Waals surface area contributed by atoms with Crippen LogP contribution in [0.4, 0.5) is 0 Å². The fraction of sp³-hybridized carbons (Fsp3) is 0.364. The Morgan fingerprint density at radius 2 is 2.25 bits per heavy atom. The summed E-state index contributed by atoms with van der Waals surface area (Å²) < 4.78 is 5.61. The number of carbonyl (C=O) groups excluding carboxylic acids is 1. The molecule has 0 aliphatic carbocycles. The van der Waals surface area contributed by atoms with Crippen LogP contribution in [0.2, 0.25) is 5.02 Å². The molecule has 88 valence electrons. The molecule has 0 aromatic heterocycles. The van der Waals surface area contributed by atoms with Crippen LogP contribution in [0, 0.1) is 0 Å². The predicted molar refractivity (Wildman–Crippen MR) is 69.1 cm³/mol. The van der Waals surface area contributed by atoms with Crippen molar-refractivity contribution in [2.75, 3.05) is 6.61 Å². The van der Waals surface area contributed by atoms with Gasteiger partial charge in [-0.1, -0.05) is 17.7 Å². The zero-order valence-corrected chi connectivity index (χ0v) is 11.8. The second kappa shape index (κ2) is 6.48. The van der Waals surface area contributed by atoms with E-state index in [9.17, 15) is 4.79 Å². The summed E-state index contributed by atoms with van der Waals surface area (Å²) >= 11 is 15.1. The standard InChI is InChI=1S/C11H11BrCl2O2/c1-2-16-11(15)10(14)6-7-3-4-9(13)8(12)5-7/h3-5,10H,2,6H2,1H3. The SMILES string of the molecule is CCOC(=O)C(Cl)Cc1ccc(Cl)c(Br)c1. The van der Waals surface area contributed by atoms with E-state index in [0.29, 0.717) is 18.1 Å². The summed E-state index contributed by atoms with van der Waals surface area (Å²) in [7, 11) is 0. The fourth-order valence-electron chi connectivity index (χ4n) is 1.19. The van der Waals surface area contributed by atoms with Gasteiger partial charge in [0.05, 0.1) is 11.6 Å². The molecule has 0 heterocycles. The quantitative estimate of drug-likeness (QED) is 0.621. The third-order valence-corrected chi connectivity index (χ3v) is 3.49. The second-order valence-electron chi connectivity index (χ2n) is 3.17. The van der Waals surface area contributed by atoms with Gasteiger partial charge >= 0.3 is 5.97 Å². The lowest BCUT2D eigenvalue weighted by Gasteiger charge is -2.09. The van der Waals surface area contributed by atoms with Crippen LogP contribution in [0.15, 0.2) is 22.7 Å². The Kier molecular flexibility index (Phi) is 5.59. The van der Waals surface area contributed by atoms with Gasteiger partial charge in [0.15, 0.2) is 0 Å². The number of esters is 1. The Balaban J connectivity index is 2.66. The van der Waals surface area contributed by atoms with Gasteiger partial charge in [-0.3, -0.25) is 4.79 Å². The molecule has 1 rings (SSSR count). The Labute approximate surface area is 113 Å². The van der Waals surface area contributed by atoms with Gasteiger partial charge in [0, 0.05) is 4.47 Å². The van der Waals surface area contributed by atoms with E-state index in [2.05, 4.69) is 15.9 Å². The van der Waals surface area contributed by atoms with Crippen molar-refractivity contribution in [3.05, 3.63) is 33.3 Å². The lowest BCUT2D eigenvalue weighted by Crippen LogP contribution is -2.20. The van der Waals surface area contributed by atoms with E-state index in [1.165, 1.54) is 0 Å². The van der Waals surface area contributed by atoms with Crippen molar-refractivity contribution in [2.45, 2.75) is 18.7 Å². The first-order valence-corrected chi connectivity index (χ1v) is 6.40. The van der Waals surface area contributed by atoms with Crippen LogP contribution < -0.4 is 0 Å². The number of hydrogen-bond donors (Lipinski definition) is 0. The van der Waals surface area contributed by atoms with E-state index < -0.39 is 11.3 Å². The predicted octanol–water partition coefficient (Wildman–Crippen LogP) is 3.82. The molecule has 2 nitrogen and oxygen atoms in total. The maximum absolute atomic E-state index is 11.3. The molecule has 0 saturated heterocycles. The highest BCUT2D eigenvalue weighted by molar-refractivity contribution is 9.10. The molecule has 1 aromatic rings. The molecule has 0 fully saturated rings. The van der Waals surface area contributed by atoms with Gasteiger partial charge in [-0.2, -0.15) is 0 Å². The Morgan fingerprint density at radius 1 is 1.56 bits per heavy atom. The Hall–Kier alpha value is -0.250. The first-order valence-electron chi connectivity index (χ1n) is 4.79. The topological polar surface area (TPSA) is 26.3 Å². The highest BCUT2D eigenvalue weighted by atomic mass is 79.9. The highest BCUT2D eigenvalue weighted by Gasteiger charge is 2.17. The number of benzene rings is 1. The van der Waals surface area contributed by atoms with E-state index in [1.807, 2.05) is 12.1 Å². The van der Waals surface area contributed by atoms with E-state index in [-0.39, 0.29) is 0 Å². The van der Waals surface area contributed by atoms with Crippen molar-refractivity contribution in [3.8, 4) is 0 Å². The minimum Gasteiger partial charge on any atom is -0.465 e. The Morgan fingerprint density at radius 3 is 2.81 bits per heavy atom. The highest BCUT2D eigenvalue weighted by Crippen LogP contribution is 2.24. The third kappa shape index (κ3) is 3.96. The van der Waals surface area contributed by atoms with Crippen LogP contribution in [0.1, 0.15) is 12.5 Å². The molecule has 5 heteroatoms. The second-order valence-corrected chi connectivity index (χ2v) is 4.96. The molecular weight excluding hydrogens is 315 g/mol. The van der Waals surface area contributed by atoms with Crippen molar-refractivity contribution < 1.29 is 9.53 Å². The fourth-order valence-corrected chi connectivity index (χ4v) is 1.97. The smallest absolute Gasteiger partial charge is 0.324 e. The van der Waals surface area contributed by atoms with Crippen LogP contribution in [0.5, 0.6) is 0 Å². The third-order valence-electron chi connectivity index (χ3n) is 1.94. The molecule has 0 N–H and O–H groups in total. The average molecular weight is 326 g/mol. The molecule has 1 atom stereocenters. The van der Waals surface area contributed by atoms with Crippen molar-refractivity contribution in [3.63, 3.8) is 0 Å². The van der Waals surface area contributed by atoms with Gasteiger partial charge in [-0.05, 0) is 47.0 Å². The zero-order valence-electron chi connectivity index (χ0n) is 8.67. The van der Waals surface area contributed by atoms with Gasteiger partial charge in [-0.15, -0.1) is 11.6 Å². The largest absolute Gasteiger partial charge is 0.465 e. The first-order chi connectivity index (χ1) is 7.54. The molecule has 0 saturated carbocycles. The number of ether oxygens (including phenoxy) is 1. The number of hydrogen-bond acceptors (Lipinski definition) is 2. The monoisotopic (exact) mass is 324 g/mol. The van der Waals surface area contributed by atoms with Crippen LogP contribution >= 0.6 is 39.1 Å². The van der Waals surface area contributed by atoms with Gasteiger partial charge in [0.1, 0.15) is 5.38 Å². The maximum atomic E-state index is 11.3. The van der Waals surface area contributed by atoms with Crippen LogP contribution in [-0.2, 0) is 16.0 Å². The summed E-state index contributed by atoms with van der Waals surface area (Å²) in [5.74, 6) is -0.393. The molecule has 0 spiro atoms. The summed E-state index contributed by atoms with van der Waals surface area (Å²) in [5.41, 5.74) is 0.935. The van der Waals surface area contributed by atoms with Crippen LogP contribution in [0.25, 0.3) is 0 Å². The van der Waals surface area contributed by atoms with Gasteiger partial charge in [0.2, 0.25) is 0 Å². The molecule has 0 aliphatic rings. The Bertz CT molecular complexity index is 382. The van der Waals surface area contributed by atoms with E-state index >= 15 is 0 Å². The summed E-state index contributed by atoms with van der Waals surface area (Å²) in [6.07, 6.45) is 0.427. The van der Waals surface area contributed by atoms with Gasteiger partial charge < -0.3 is 4.74 Å². The van der Waals surface area contributed by atoms with Crippen molar-refractivity contribution >= 4 is 45.1 Å². The van der Waals surface area contributed by atoms with Crippen LogP contribution in [0.3, 0.4) is 0 Å². The van der Waals surface area contributed by atoms with Crippen molar-refractivity contribution in [2.24, 2.45) is 0 Å². The molecule has 1 aromatic carbocycles. The average Bonchev–Trinajstić information content (AvgIpc) is 2.24. The summed E-state index contributed by atoms with van der Waals surface area (Å²) in [4.78, 5) is 11.3. The number of rotatable bonds is 4. The lowest BCUT2D eigenvalue weighted by molar-refractivity contribution is -0.142. The minimum absolute atomic E-state index is 0.340. The number of alkyl halides is 1. The summed E-state index contributed by atoms with van der Waals surface area (Å²) in [6, 6.07) is 5.44. The molecular formula is C11H11BrCl2O2. The van der Waals surface area contributed by atoms with Crippen molar-refractivity contribution in [1.29, 1.82) is 0 Å². The first kappa shape index (κ1) is 13.8. The van der Waals surface area contributed by atoms with Gasteiger partial charge in [0.25, 0.3) is 0 Å². The molecule has 1 unspecified atom stereocenters. The normalized spacial score (nSPS) is 12.2.